The van der Waals surface area contributed by atoms with Gasteiger partial charge in [-0.3, -0.25) is 0 Å². The highest BCUT2D eigenvalue weighted by Gasteiger charge is 2.13. The number of anilines is 2. The van der Waals surface area contributed by atoms with Crippen molar-refractivity contribution in [2.75, 3.05) is 45.8 Å². The standard InChI is InChI=1S/C22H23N3O4/c1-4-16-6-5-7-17(12-16)25-22-18-13-20(28-10-8-26-2)21(29-11-9-27-3)14-19(18)23-15-24-22/h1,5-7,12-15H,8-11H2,2-3H3,(H,23,24,25)/i1D,3D3,9D2. The van der Waals surface area contributed by atoms with Crippen LogP contribution in [0.25, 0.3) is 10.9 Å². The molecule has 3 aromatic rings. The number of ether oxygens (including phenoxy) is 4. The monoisotopic (exact) mass is 399 g/mol. The van der Waals surface area contributed by atoms with Gasteiger partial charge >= 0.3 is 0 Å². The molecule has 0 saturated heterocycles. The van der Waals surface area contributed by atoms with Crippen LogP contribution in [0.3, 0.4) is 0 Å². The Bertz CT molecular complexity index is 1230. The van der Waals surface area contributed by atoms with E-state index in [9.17, 15) is 0 Å². The molecule has 0 amide bonds. The predicted octanol–water partition coefficient (Wildman–Crippen LogP) is 3.41. The maximum atomic E-state index is 7.78. The maximum Gasteiger partial charge on any atom is 0.163 e. The molecule has 0 atom stereocenters. The minimum Gasteiger partial charge on any atom is -0.487 e. The number of terminal acetylenes is 1. The lowest BCUT2D eigenvalue weighted by molar-refractivity contribution is 0.132. The number of benzene rings is 2. The molecule has 150 valence electrons. The highest BCUT2D eigenvalue weighted by atomic mass is 16.5. The fourth-order valence-electron chi connectivity index (χ4n) is 2.57. The molecule has 0 unspecified atom stereocenters. The van der Waals surface area contributed by atoms with E-state index in [-0.39, 0.29) is 18.1 Å². The molecule has 7 heteroatoms. The van der Waals surface area contributed by atoms with Crippen molar-refractivity contribution in [1.29, 1.82) is 0 Å². The van der Waals surface area contributed by atoms with Crippen molar-refractivity contribution < 1.29 is 27.2 Å². The van der Waals surface area contributed by atoms with Gasteiger partial charge in [0.25, 0.3) is 0 Å². The van der Waals surface area contributed by atoms with Gasteiger partial charge in [0.1, 0.15) is 26.7 Å². The van der Waals surface area contributed by atoms with Crippen molar-refractivity contribution >= 4 is 22.4 Å². The second kappa shape index (κ2) is 10.3. The molecule has 0 bridgehead atoms. The fourth-order valence-corrected chi connectivity index (χ4v) is 2.57. The number of methoxy groups -OCH3 is 2. The van der Waals surface area contributed by atoms with E-state index in [1.165, 1.54) is 19.5 Å². The minimum absolute atomic E-state index is 0.143. The van der Waals surface area contributed by atoms with Gasteiger partial charge in [0.05, 0.1) is 25.5 Å². The molecule has 0 aliphatic carbocycles. The second-order valence-electron chi connectivity index (χ2n) is 5.75. The summed E-state index contributed by atoms with van der Waals surface area (Å²) in [6, 6.07) is 10.4. The highest BCUT2D eigenvalue weighted by Crippen LogP contribution is 2.35. The number of nitrogens with one attached hydrogen (secondary N) is 1. The van der Waals surface area contributed by atoms with E-state index < -0.39 is 20.2 Å². The average Bonchev–Trinajstić information content (AvgIpc) is 2.77. The number of nitrogens with zero attached hydrogens (tertiary/aromatic N) is 2. The Kier molecular flexibility index (Phi) is 4.88. The molecule has 0 radical (unpaired) electrons. The van der Waals surface area contributed by atoms with Crippen LogP contribution in [-0.2, 0) is 9.47 Å². The molecule has 0 aliphatic rings. The van der Waals surface area contributed by atoms with Gasteiger partial charge in [0.15, 0.2) is 11.5 Å². The first-order valence-corrected chi connectivity index (χ1v) is 8.63. The molecule has 29 heavy (non-hydrogen) atoms. The van der Waals surface area contributed by atoms with Gasteiger partial charge in [-0.25, -0.2) is 9.97 Å². The molecular formula is C22H23N3O4. The Hall–Kier alpha value is -3.34. The van der Waals surface area contributed by atoms with Gasteiger partial charge in [-0.15, -0.1) is 6.40 Å². The van der Waals surface area contributed by atoms with Gasteiger partial charge in [-0.2, -0.15) is 0 Å². The summed E-state index contributed by atoms with van der Waals surface area (Å²) in [5.41, 5.74) is 1.83. The summed E-state index contributed by atoms with van der Waals surface area (Å²) in [7, 11) is -1.40. The van der Waals surface area contributed by atoms with E-state index >= 15 is 0 Å². The predicted molar refractivity (Wildman–Crippen MR) is 112 cm³/mol. The van der Waals surface area contributed by atoms with Crippen molar-refractivity contribution in [3.63, 3.8) is 0 Å². The smallest absolute Gasteiger partial charge is 0.163 e. The maximum absolute atomic E-state index is 7.78. The zero-order chi connectivity index (χ0) is 25.5. The number of fused-ring (bicyclic) bond motifs is 1. The molecule has 0 spiro atoms. The fraction of sp³-hybridized carbons (Fsp3) is 0.273. The van der Waals surface area contributed by atoms with Crippen LogP contribution in [0, 0.1) is 12.3 Å². The minimum atomic E-state index is -2.93. The molecule has 0 fully saturated rings. The second-order valence-corrected chi connectivity index (χ2v) is 5.75. The van der Waals surface area contributed by atoms with Crippen LogP contribution < -0.4 is 14.8 Å². The third-order valence-corrected chi connectivity index (χ3v) is 3.87. The molecule has 0 saturated carbocycles. The third kappa shape index (κ3) is 5.35. The van der Waals surface area contributed by atoms with Crippen LogP contribution in [-0.4, -0.2) is 50.5 Å². The van der Waals surface area contributed by atoms with Gasteiger partial charge in [0.2, 0.25) is 0 Å². The quantitative estimate of drug-likeness (QED) is 0.414. The van der Waals surface area contributed by atoms with E-state index in [1.807, 2.05) is 6.07 Å². The Labute approximate surface area is 178 Å². The zero-order valence-corrected chi connectivity index (χ0v) is 15.7. The number of hydrogen-bond donors (Lipinski definition) is 1. The average molecular weight is 399 g/mol. The summed E-state index contributed by atoms with van der Waals surface area (Å²) in [5.74, 6) is 3.54. The van der Waals surface area contributed by atoms with Crippen LogP contribution in [0.2, 0.25) is 0 Å². The lowest BCUT2D eigenvalue weighted by Crippen LogP contribution is -2.09. The Morgan fingerprint density at radius 2 is 2.03 bits per heavy atom. The van der Waals surface area contributed by atoms with E-state index in [1.54, 1.807) is 24.3 Å². The topological polar surface area (TPSA) is 74.7 Å². The van der Waals surface area contributed by atoms with Crippen LogP contribution >= 0.6 is 0 Å². The normalized spacial score (nSPS) is 14.2. The van der Waals surface area contributed by atoms with Gasteiger partial charge in [-0.05, 0) is 24.3 Å². The molecule has 3 rings (SSSR count). The lowest BCUT2D eigenvalue weighted by Gasteiger charge is -2.15. The lowest BCUT2D eigenvalue weighted by atomic mass is 10.2. The number of aromatic nitrogens is 2. The van der Waals surface area contributed by atoms with E-state index in [4.69, 9.17) is 22.4 Å². The molecule has 2 aromatic carbocycles. The van der Waals surface area contributed by atoms with Crippen molar-refractivity contribution in [1.82, 2.24) is 9.97 Å². The van der Waals surface area contributed by atoms with Gasteiger partial charge in [-0.1, -0.05) is 12.0 Å². The largest absolute Gasteiger partial charge is 0.487 e. The summed E-state index contributed by atoms with van der Waals surface area (Å²) in [5, 5.41) is 3.79. The molecule has 7 nitrogen and oxygen atoms in total. The van der Waals surface area contributed by atoms with Crippen molar-refractivity contribution in [3.05, 3.63) is 48.3 Å². The van der Waals surface area contributed by atoms with Gasteiger partial charge < -0.3 is 24.3 Å². The van der Waals surface area contributed by atoms with Crippen LogP contribution in [0.5, 0.6) is 11.5 Å². The summed E-state index contributed by atoms with van der Waals surface area (Å²) in [4.78, 5) is 8.57. The summed E-state index contributed by atoms with van der Waals surface area (Å²) in [6.45, 7) is -2.80. The van der Waals surface area contributed by atoms with Crippen LogP contribution in [0.1, 0.15) is 13.8 Å². The van der Waals surface area contributed by atoms with Crippen molar-refractivity contribution in [3.8, 4) is 23.8 Å². The third-order valence-electron chi connectivity index (χ3n) is 3.87. The Morgan fingerprint density at radius 3 is 2.90 bits per heavy atom. The first-order valence-electron chi connectivity index (χ1n) is 11.6. The van der Waals surface area contributed by atoms with Crippen LogP contribution in [0.4, 0.5) is 11.5 Å². The summed E-state index contributed by atoms with van der Waals surface area (Å²) < 4.78 is 64.8. The first-order chi connectivity index (χ1) is 16.6. The molecule has 1 N–H and O–H groups in total. The molecule has 1 aromatic heterocycles. The SMILES string of the molecule is [2H]C#Cc1cccc(Nc2ncnc3cc(OCC([2H])([2H])OC([2H])([2H])[2H])c(OCCOC)cc23)c1. The van der Waals surface area contributed by atoms with Crippen molar-refractivity contribution in [2.24, 2.45) is 0 Å². The summed E-state index contributed by atoms with van der Waals surface area (Å²) in [6.07, 6.45) is 3.47. The number of rotatable bonds is 10. The van der Waals surface area contributed by atoms with Gasteiger partial charge in [0, 0.05) is 36.9 Å². The van der Waals surface area contributed by atoms with E-state index in [0.29, 0.717) is 34.6 Å². The first kappa shape index (κ1) is 13.8. The highest BCUT2D eigenvalue weighted by molar-refractivity contribution is 5.93. The Balaban J connectivity index is 1.94. The molecule has 0 aliphatic heterocycles. The molecular weight excluding hydrogens is 370 g/mol. The van der Waals surface area contributed by atoms with Crippen molar-refractivity contribution in [2.45, 2.75) is 0 Å². The molecule has 1 heterocycles. The Morgan fingerprint density at radius 1 is 1.14 bits per heavy atom. The summed E-state index contributed by atoms with van der Waals surface area (Å²) >= 11 is 0. The zero-order valence-electron chi connectivity index (χ0n) is 21.7. The van der Waals surface area contributed by atoms with Crippen LogP contribution in [0.15, 0.2) is 42.7 Å². The number of hydrogen-bond acceptors (Lipinski definition) is 7. The van der Waals surface area contributed by atoms with E-state index in [0.717, 1.165) is 0 Å². The van der Waals surface area contributed by atoms with E-state index in [2.05, 4.69) is 32.3 Å².